The highest BCUT2D eigenvalue weighted by Crippen LogP contribution is 2.22. The molecule has 0 unspecified atom stereocenters. The third-order valence-corrected chi connectivity index (χ3v) is 2.79. The van der Waals surface area contributed by atoms with E-state index >= 15 is 0 Å². The minimum absolute atomic E-state index is 0.0510. The van der Waals surface area contributed by atoms with Gasteiger partial charge in [0.1, 0.15) is 0 Å². The highest BCUT2D eigenvalue weighted by Gasteiger charge is 2.12. The zero-order valence-electron chi connectivity index (χ0n) is 10.2. The molecule has 3 N–H and O–H groups in total. The number of anilines is 2. The summed E-state index contributed by atoms with van der Waals surface area (Å²) in [5.41, 5.74) is 7.59. The molecule has 0 bridgehead atoms. The molecule has 3 aromatic rings. The molecule has 2 aromatic heterocycles. The van der Waals surface area contributed by atoms with E-state index in [0.29, 0.717) is 17.1 Å². The van der Waals surface area contributed by atoms with Gasteiger partial charge in [0.15, 0.2) is 11.6 Å². The second kappa shape index (κ2) is 4.52. The van der Waals surface area contributed by atoms with Crippen molar-refractivity contribution in [2.24, 2.45) is 0 Å². The summed E-state index contributed by atoms with van der Waals surface area (Å²) in [6.07, 6.45) is 0. The number of nitrogens with zero attached hydrogens (tertiary/aromatic N) is 4. The van der Waals surface area contributed by atoms with Crippen LogP contribution in [0.2, 0.25) is 0 Å². The summed E-state index contributed by atoms with van der Waals surface area (Å²) in [5.74, 6) is 0.741. The minimum atomic E-state index is 0.0510. The highest BCUT2D eigenvalue weighted by atomic mass is 16.6. The second-order valence-corrected chi connectivity index (χ2v) is 4.15. The van der Waals surface area contributed by atoms with Crippen molar-refractivity contribution < 1.29 is 4.63 Å². The number of nitrogens with one attached hydrogen (secondary N) is 1. The molecule has 0 saturated carbocycles. The second-order valence-electron chi connectivity index (χ2n) is 4.15. The van der Waals surface area contributed by atoms with Crippen molar-refractivity contribution in [2.75, 3.05) is 11.1 Å². The number of hydrogen-bond donors (Lipinski definition) is 2. The zero-order valence-corrected chi connectivity index (χ0v) is 10.2. The number of fused-ring (bicyclic) bond motifs is 1. The maximum Gasteiger partial charge on any atom is 0.245 e. The van der Waals surface area contributed by atoms with Crippen LogP contribution in [0.15, 0.2) is 35.0 Å². The topological polar surface area (TPSA) is 103 Å². The third-order valence-electron chi connectivity index (χ3n) is 2.79. The number of rotatable bonds is 3. The van der Waals surface area contributed by atoms with Crippen LogP contribution in [0.25, 0.3) is 11.3 Å². The number of nitrogens with two attached hydrogens (primary N) is 1. The van der Waals surface area contributed by atoms with E-state index in [1.54, 1.807) is 0 Å². The van der Waals surface area contributed by atoms with E-state index in [0.717, 1.165) is 5.56 Å². The predicted octanol–water partition coefficient (Wildman–Crippen LogP) is 1.77. The molecule has 2 heterocycles. The number of benzene rings is 1. The fourth-order valence-corrected chi connectivity index (χ4v) is 1.79. The molecule has 0 saturated heterocycles. The van der Waals surface area contributed by atoms with E-state index in [9.17, 15) is 0 Å². The first kappa shape index (κ1) is 11.4. The van der Waals surface area contributed by atoms with E-state index in [4.69, 9.17) is 5.73 Å². The van der Waals surface area contributed by atoms with Crippen LogP contribution in [-0.4, -0.2) is 20.3 Å². The molecular weight excluding hydrogens is 244 g/mol. The van der Waals surface area contributed by atoms with Crippen molar-refractivity contribution in [3.63, 3.8) is 0 Å². The van der Waals surface area contributed by atoms with Crippen molar-refractivity contribution in [3.8, 4) is 0 Å². The molecule has 19 heavy (non-hydrogen) atoms. The van der Waals surface area contributed by atoms with Crippen molar-refractivity contribution in [3.05, 3.63) is 35.9 Å². The first-order valence-electron chi connectivity index (χ1n) is 5.81. The van der Waals surface area contributed by atoms with E-state index in [1.165, 1.54) is 0 Å². The van der Waals surface area contributed by atoms with Gasteiger partial charge in [-0.1, -0.05) is 30.3 Å². The fraction of sp³-hybridized carbons (Fsp3) is 0.167. The van der Waals surface area contributed by atoms with Gasteiger partial charge in [0.25, 0.3) is 0 Å². The molecule has 0 radical (unpaired) electrons. The molecule has 1 atom stereocenters. The molecular formula is C12H12N6O. The monoisotopic (exact) mass is 256 g/mol. The maximum absolute atomic E-state index is 5.83. The standard InChI is InChI=1S/C12H12N6O/c1-7(8-5-3-2-4-6-8)14-10-9(13)15-11-12(16-10)18-19-17-11/h2-7H,1H3,(H2,13,15,17)(H,14,16,18)/t7-/m0/s1. The molecule has 1 aromatic carbocycles. The Balaban J connectivity index is 1.90. The van der Waals surface area contributed by atoms with E-state index in [2.05, 4.69) is 30.2 Å². The average Bonchev–Trinajstić information content (AvgIpc) is 2.87. The van der Waals surface area contributed by atoms with Crippen molar-refractivity contribution in [1.82, 2.24) is 20.3 Å². The summed E-state index contributed by atoms with van der Waals surface area (Å²) in [5, 5.41) is 10.4. The summed E-state index contributed by atoms with van der Waals surface area (Å²) >= 11 is 0. The van der Waals surface area contributed by atoms with E-state index in [-0.39, 0.29) is 11.9 Å². The maximum atomic E-state index is 5.83. The van der Waals surface area contributed by atoms with Crippen LogP contribution in [0.4, 0.5) is 11.6 Å². The van der Waals surface area contributed by atoms with Gasteiger partial charge in [-0.2, -0.15) is 0 Å². The SMILES string of the molecule is C[C@H](Nc1nc2nonc2nc1N)c1ccccc1. The largest absolute Gasteiger partial charge is 0.381 e. The summed E-state index contributed by atoms with van der Waals surface area (Å²) in [7, 11) is 0. The molecule has 0 spiro atoms. The summed E-state index contributed by atoms with van der Waals surface area (Å²) in [4.78, 5) is 8.30. The molecule has 7 heteroatoms. The van der Waals surface area contributed by atoms with Gasteiger partial charge in [0.05, 0.1) is 6.04 Å². The fourth-order valence-electron chi connectivity index (χ4n) is 1.79. The minimum Gasteiger partial charge on any atom is -0.381 e. The molecule has 0 aliphatic heterocycles. The van der Waals surface area contributed by atoms with Gasteiger partial charge in [0, 0.05) is 0 Å². The van der Waals surface area contributed by atoms with Gasteiger partial charge < -0.3 is 11.1 Å². The molecule has 7 nitrogen and oxygen atoms in total. The third kappa shape index (κ3) is 2.17. The molecule has 3 rings (SSSR count). The first-order chi connectivity index (χ1) is 9.24. The Morgan fingerprint density at radius 3 is 2.53 bits per heavy atom. The lowest BCUT2D eigenvalue weighted by atomic mass is 10.1. The smallest absolute Gasteiger partial charge is 0.245 e. The average molecular weight is 256 g/mol. The highest BCUT2D eigenvalue weighted by molar-refractivity contribution is 5.72. The molecule has 96 valence electrons. The Morgan fingerprint density at radius 2 is 1.79 bits per heavy atom. The Morgan fingerprint density at radius 1 is 1.11 bits per heavy atom. The van der Waals surface area contributed by atoms with Crippen molar-refractivity contribution in [2.45, 2.75) is 13.0 Å². The van der Waals surface area contributed by atoms with Gasteiger partial charge in [-0.05, 0) is 22.8 Å². The van der Waals surface area contributed by atoms with Crippen LogP contribution < -0.4 is 11.1 Å². The van der Waals surface area contributed by atoms with E-state index in [1.807, 2.05) is 37.3 Å². The van der Waals surface area contributed by atoms with Crippen molar-refractivity contribution in [1.29, 1.82) is 0 Å². The molecule has 0 aliphatic carbocycles. The van der Waals surface area contributed by atoms with Crippen LogP contribution in [0.1, 0.15) is 18.5 Å². The van der Waals surface area contributed by atoms with Gasteiger partial charge >= 0.3 is 0 Å². The number of aromatic nitrogens is 4. The lowest BCUT2D eigenvalue weighted by Crippen LogP contribution is -2.11. The first-order valence-corrected chi connectivity index (χ1v) is 5.81. The Labute approximate surface area is 108 Å². The Hall–Kier alpha value is -2.70. The number of nitrogen functional groups attached to an aromatic ring is 1. The normalized spacial score (nSPS) is 12.5. The quantitative estimate of drug-likeness (QED) is 0.736. The lowest BCUT2D eigenvalue weighted by Gasteiger charge is -2.15. The summed E-state index contributed by atoms with van der Waals surface area (Å²) < 4.78 is 4.56. The van der Waals surface area contributed by atoms with Gasteiger partial charge in [-0.15, -0.1) is 0 Å². The molecule has 0 amide bonds. The summed E-state index contributed by atoms with van der Waals surface area (Å²) in [6, 6.07) is 10.0. The lowest BCUT2D eigenvalue weighted by molar-refractivity contribution is 0.314. The molecule has 0 aliphatic rings. The summed E-state index contributed by atoms with van der Waals surface area (Å²) in [6.45, 7) is 2.02. The van der Waals surface area contributed by atoms with Gasteiger partial charge in [-0.3, -0.25) is 0 Å². The van der Waals surface area contributed by atoms with Gasteiger partial charge in [-0.25, -0.2) is 14.6 Å². The van der Waals surface area contributed by atoms with Crippen molar-refractivity contribution >= 4 is 22.9 Å². The Kier molecular flexibility index (Phi) is 2.71. The van der Waals surface area contributed by atoms with E-state index < -0.39 is 0 Å². The van der Waals surface area contributed by atoms with Gasteiger partial charge in [0.2, 0.25) is 11.3 Å². The van der Waals surface area contributed by atoms with Crippen LogP contribution >= 0.6 is 0 Å². The predicted molar refractivity (Wildman–Crippen MR) is 70.3 cm³/mol. The van der Waals surface area contributed by atoms with Crippen LogP contribution in [0.5, 0.6) is 0 Å². The van der Waals surface area contributed by atoms with Crippen LogP contribution in [0, 0.1) is 0 Å². The molecule has 0 fully saturated rings. The van der Waals surface area contributed by atoms with Crippen LogP contribution in [0.3, 0.4) is 0 Å². The Bertz CT molecular complexity index is 696. The van der Waals surface area contributed by atoms with Crippen LogP contribution in [-0.2, 0) is 0 Å². The zero-order chi connectivity index (χ0) is 13.2. The number of hydrogen-bond acceptors (Lipinski definition) is 7.